The third-order valence-corrected chi connectivity index (χ3v) is 2.34. The molecule has 0 bridgehead atoms. The first kappa shape index (κ1) is 9.52. The van der Waals surface area contributed by atoms with Gasteiger partial charge in [0, 0.05) is 18.0 Å². The van der Waals surface area contributed by atoms with Gasteiger partial charge in [0.15, 0.2) is 5.65 Å². The number of aromatic amines is 3. The van der Waals surface area contributed by atoms with E-state index in [1.165, 1.54) is 0 Å². The number of hydrogen-bond acceptors (Lipinski definition) is 4. The maximum atomic E-state index is 11.5. The molecule has 0 aromatic carbocycles. The first-order valence-corrected chi connectivity index (χ1v) is 4.87. The second-order valence-electron chi connectivity index (χ2n) is 3.45. The van der Waals surface area contributed by atoms with Crippen LogP contribution >= 0.6 is 0 Å². The first-order chi connectivity index (χ1) is 8.24. The molecule has 0 fully saturated rings. The maximum Gasteiger partial charge on any atom is 0.327 e. The molecule has 3 N–H and O–H groups in total. The molecule has 3 aromatic heterocycles. The molecule has 0 spiro atoms. The largest absolute Gasteiger partial charge is 0.332 e. The van der Waals surface area contributed by atoms with Crippen molar-refractivity contribution in [3.8, 4) is 11.4 Å². The zero-order valence-corrected chi connectivity index (χ0v) is 8.52. The van der Waals surface area contributed by atoms with E-state index in [0.717, 1.165) is 5.56 Å². The smallest absolute Gasteiger partial charge is 0.327 e. The van der Waals surface area contributed by atoms with Crippen molar-refractivity contribution in [2.45, 2.75) is 0 Å². The van der Waals surface area contributed by atoms with Gasteiger partial charge in [-0.25, -0.2) is 9.78 Å². The summed E-state index contributed by atoms with van der Waals surface area (Å²) in [5.41, 5.74) is 0.213. The first-order valence-electron chi connectivity index (χ1n) is 4.87. The fraction of sp³-hybridized carbons (Fsp3) is 0. The molecular formula is C10H7N5O2. The lowest BCUT2D eigenvalue weighted by atomic mass is 10.3. The van der Waals surface area contributed by atoms with Gasteiger partial charge in [0.05, 0.1) is 0 Å². The van der Waals surface area contributed by atoms with Gasteiger partial charge in [-0.2, -0.15) is 0 Å². The Labute approximate surface area is 93.6 Å². The highest BCUT2D eigenvalue weighted by molar-refractivity contribution is 5.74. The van der Waals surface area contributed by atoms with Gasteiger partial charge >= 0.3 is 5.69 Å². The third-order valence-electron chi connectivity index (χ3n) is 2.34. The van der Waals surface area contributed by atoms with Crippen molar-refractivity contribution in [1.82, 2.24) is 24.9 Å². The van der Waals surface area contributed by atoms with E-state index in [9.17, 15) is 9.59 Å². The zero-order valence-electron chi connectivity index (χ0n) is 8.52. The number of aromatic nitrogens is 5. The number of hydrogen-bond donors (Lipinski definition) is 3. The van der Waals surface area contributed by atoms with Gasteiger partial charge in [-0.3, -0.25) is 19.7 Å². The van der Waals surface area contributed by atoms with Crippen molar-refractivity contribution in [3.05, 3.63) is 45.4 Å². The minimum atomic E-state index is -0.574. The van der Waals surface area contributed by atoms with E-state index in [1.54, 1.807) is 24.5 Å². The van der Waals surface area contributed by atoms with E-state index < -0.39 is 11.2 Å². The Bertz CT molecular complexity index is 784. The number of H-pyrrole nitrogens is 3. The topological polar surface area (TPSA) is 107 Å². The van der Waals surface area contributed by atoms with Gasteiger partial charge in [0.25, 0.3) is 5.56 Å². The normalized spacial score (nSPS) is 10.8. The molecule has 3 heterocycles. The summed E-state index contributed by atoms with van der Waals surface area (Å²) in [4.78, 5) is 38.0. The molecule has 0 saturated heterocycles. The summed E-state index contributed by atoms with van der Waals surface area (Å²) >= 11 is 0. The summed E-state index contributed by atoms with van der Waals surface area (Å²) in [7, 11) is 0. The van der Waals surface area contributed by atoms with Gasteiger partial charge in [0.1, 0.15) is 11.3 Å². The molecule has 84 valence electrons. The van der Waals surface area contributed by atoms with Crippen LogP contribution in [0.4, 0.5) is 0 Å². The van der Waals surface area contributed by atoms with E-state index in [0.29, 0.717) is 5.82 Å². The zero-order chi connectivity index (χ0) is 11.8. The number of imidazole rings is 1. The summed E-state index contributed by atoms with van der Waals surface area (Å²) in [6.07, 6.45) is 3.24. The highest BCUT2D eigenvalue weighted by Crippen LogP contribution is 2.15. The Morgan fingerprint density at radius 1 is 1.00 bits per heavy atom. The summed E-state index contributed by atoms with van der Waals surface area (Å²) < 4.78 is 0. The third kappa shape index (κ3) is 1.53. The molecule has 0 radical (unpaired) electrons. The van der Waals surface area contributed by atoms with Crippen LogP contribution in [0.15, 0.2) is 34.1 Å². The Morgan fingerprint density at radius 3 is 2.53 bits per heavy atom. The number of pyridine rings is 1. The molecule has 3 rings (SSSR count). The lowest BCUT2D eigenvalue weighted by Crippen LogP contribution is -2.21. The summed E-state index contributed by atoms with van der Waals surface area (Å²) in [6, 6.07) is 3.51. The number of nitrogens with zero attached hydrogens (tertiary/aromatic N) is 2. The van der Waals surface area contributed by atoms with E-state index in [4.69, 9.17) is 0 Å². The highest BCUT2D eigenvalue weighted by Gasteiger charge is 2.08. The highest BCUT2D eigenvalue weighted by atomic mass is 16.2. The molecule has 0 aliphatic carbocycles. The molecule has 0 atom stereocenters. The summed E-state index contributed by atoms with van der Waals surface area (Å²) in [5, 5.41) is 0. The lowest BCUT2D eigenvalue weighted by molar-refractivity contribution is 1.07. The number of rotatable bonds is 1. The van der Waals surface area contributed by atoms with Crippen LogP contribution in [0.25, 0.3) is 22.6 Å². The molecule has 0 aliphatic rings. The van der Waals surface area contributed by atoms with Crippen molar-refractivity contribution in [2.24, 2.45) is 0 Å². The van der Waals surface area contributed by atoms with Crippen LogP contribution < -0.4 is 11.2 Å². The van der Waals surface area contributed by atoms with E-state index >= 15 is 0 Å². The van der Waals surface area contributed by atoms with Crippen LogP contribution in [-0.4, -0.2) is 24.9 Å². The average Bonchev–Trinajstić information content (AvgIpc) is 2.74. The molecule has 3 aromatic rings. The van der Waals surface area contributed by atoms with E-state index in [-0.39, 0.29) is 11.2 Å². The SMILES string of the molecule is O=c1[nH]c(=O)c2[nH]c(-c3ccncc3)nc2[nH]1. The van der Waals surface area contributed by atoms with Crippen molar-refractivity contribution >= 4 is 11.2 Å². The predicted molar refractivity (Wildman–Crippen MR) is 60.6 cm³/mol. The quantitative estimate of drug-likeness (QED) is 0.545. The fourth-order valence-electron chi connectivity index (χ4n) is 1.58. The van der Waals surface area contributed by atoms with Crippen molar-refractivity contribution in [3.63, 3.8) is 0 Å². The van der Waals surface area contributed by atoms with Crippen LogP contribution in [0, 0.1) is 0 Å². The minimum absolute atomic E-state index is 0.241. The van der Waals surface area contributed by atoms with E-state index in [2.05, 4.69) is 24.9 Å². The van der Waals surface area contributed by atoms with Gasteiger partial charge < -0.3 is 4.98 Å². The number of fused-ring (bicyclic) bond motifs is 1. The monoisotopic (exact) mass is 229 g/mol. The molecule has 7 nitrogen and oxygen atoms in total. The Hall–Kier alpha value is -2.70. The second-order valence-corrected chi connectivity index (χ2v) is 3.45. The lowest BCUT2D eigenvalue weighted by Gasteiger charge is -1.92. The molecule has 0 amide bonds. The van der Waals surface area contributed by atoms with Crippen LogP contribution in [0.1, 0.15) is 0 Å². The van der Waals surface area contributed by atoms with Gasteiger partial charge in [0.2, 0.25) is 0 Å². The molecule has 7 heteroatoms. The molecule has 0 saturated carbocycles. The average molecular weight is 229 g/mol. The Kier molecular flexibility index (Phi) is 1.91. The number of nitrogens with one attached hydrogen (secondary N) is 3. The standard InChI is InChI=1S/C10H7N5O2/c16-9-6-8(14-10(17)15-9)13-7(12-6)5-1-3-11-4-2-5/h1-4H,(H3,12,13,14,15,16,17). The Morgan fingerprint density at radius 2 is 1.76 bits per heavy atom. The molecule has 0 aliphatic heterocycles. The van der Waals surface area contributed by atoms with Crippen LogP contribution in [0.2, 0.25) is 0 Å². The van der Waals surface area contributed by atoms with Gasteiger partial charge in [-0.1, -0.05) is 0 Å². The Balaban J connectivity index is 2.31. The van der Waals surface area contributed by atoms with Crippen molar-refractivity contribution in [2.75, 3.05) is 0 Å². The summed E-state index contributed by atoms with van der Waals surface area (Å²) in [6.45, 7) is 0. The van der Waals surface area contributed by atoms with Crippen LogP contribution in [0.3, 0.4) is 0 Å². The predicted octanol–water partition coefficient (Wildman–Crippen LogP) is 0.00150. The van der Waals surface area contributed by atoms with E-state index in [1.807, 2.05) is 0 Å². The fourth-order valence-corrected chi connectivity index (χ4v) is 1.58. The van der Waals surface area contributed by atoms with Crippen LogP contribution in [-0.2, 0) is 0 Å². The minimum Gasteiger partial charge on any atom is -0.332 e. The van der Waals surface area contributed by atoms with Crippen molar-refractivity contribution in [1.29, 1.82) is 0 Å². The molecule has 17 heavy (non-hydrogen) atoms. The van der Waals surface area contributed by atoms with Gasteiger partial charge in [-0.05, 0) is 12.1 Å². The van der Waals surface area contributed by atoms with Crippen LogP contribution in [0.5, 0.6) is 0 Å². The molecule has 0 unspecified atom stereocenters. The molecular weight excluding hydrogens is 222 g/mol. The summed E-state index contributed by atoms with van der Waals surface area (Å²) in [5.74, 6) is 0.509. The van der Waals surface area contributed by atoms with Gasteiger partial charge in [-0.15, -0.1) is 0 Å². The van der Waals surface area contributed by atoms with Crippen molar-refractivity contribution < 1.29 is 0 Å². The second kappa shape index (κ2) is 3.41. The maximum absolute atomic E-state index is 11.5.